The Morgan fingerprint density at radius 1 is 0.467 bits per heavy atom. The molecule has 0 aliphatic heterocycles. The molecule has 6 unspecified atom stereocenters. The summed E-state index contributed by atoms with van der Waals surface area (Å²) in [5.74, 6) is 3.14. The molecule has 6 fully saturated rings. The Morgan fingerprint density at radius 2 is 0.867 bits per heavy atom. The highest BCUT2D eigenvalue weighted by Gasteiger charge is 2.67. The monoisotopic (exact) mass is 588 g/mol. The van der Waals surface area contributed by atoms with E-state index in [0.717, 1.165) is 11.8 Å². The van der Waals surface area contributed by atoms with Crippen molar-refractivity contribution >= 4 is 0 Å². The fourth-order valence-corrected chi connectivity index (χ4v) is 13.5. The van der Waals surface area contributed by atoms with Crippen molar-refractivity contribution < 1.29 is 0 Å². The number of rotatable bonds is 2. The van der Waals surface area contributed by atoms with Crippen LogP contribution in [0.1, 0.15) is 113 Å². The van der Waals surface area contributed by atoms with Crippen LogP contribution in [0.2, 0.25) is 0 Å². The van der Waals surface area contributed by atoms with Gasteiger partial charge in [0, 0.05) is 10.8 Å². The molecule has 228 valence electrons. The highest BCUT2D eigenvalue weighted by Crippen LogP contribution is 2.73. The average Bonchev–Trinajstić information content (AvgIpc) is 3.51. The summed E-state index contributed by atoms with van der Waals surface area (Å²) in [7, 11) is 0. The predicted molar refractivity (Wildman–Crippen MR) is 187 cm³/mol. The van der Waals surface area contributed by atoms with Crippen molar-refractivity contribution in [2.24, 2.45) is 34.5 Å². The lowest BCUT2D eigenvalue weighted by atomic mass is 9.35. The van der Waals surface area contributed by atoms with Gasteiger partial charge in [0.25, 0.3) is 0 Å². The first kappa shape index (κ1) is 27.0. The molecule has 0 heteroatoms. The van der Waals surface area contributed by atoms with Gasteiger partial charge in [-0.3, -0.25) is 0 Å². The van der Waals surface area contributed by atoms with Gasteiger partial charge in [0.1, 0.15) is 0 Å². The summed E-state index contributed by atoms with van der Waals surface area (Å²) in [5, 5.41) is 0. The smallest absolute Gasteiger partial charge is 0.0619 e. The molecule has 0 N–H and O–H groups in total. The van der Waals surface area contributed by atoms with Crippen molar-refractivity contribution in [3.63, 3.8) is 0 Å². The maximum atomic E-state index is 2.73. The number of hydrogen-bond donors (Lipinski definition) is 0. The van der Waals surface area contributed by atoms with Crippen molar-refractivity contribution in [2.75, 3.05) is 0 Å². The van der Waals surface area contributed by atoms with Gasteiger partial charge in [-0.1, -0.05) is 126 Å². The molecule has 0 aromatic heterocycles. The third-order valence-corrected chi connectivity index (χ3v) is 16.2. The van der Waals surface area contributed by atoms with Crippen LogP contribution >= 0.6 is 0 Å². The molecule has 0 nitrogen and oxygen atoms in total. The van der Waals surface area contributed by atoms with E-state index in [1.165, 1.54) is 83.0 Å². The fraction of sp³-hybridized carbons (Fsp3) is 0.467. The zero-order chi connectivity index (χ0) is 30.7. The molecule has 6 atom stereocenters. The highest BCUT2D eigenvalue weighted by molar-refractivity contribution is 5.95. The van der Waals surface area contributed by atoms with Gasteiger partial charge in [0.15, 0.2) is 0 Å². The van der Waals surface area contributed by atoms with Gasteiger partial charge in [-0.2, -0.15) is 0 Å². The standard InChI is InChI=1S/C45H48/c1-27-15-17-31-25-43(27,41(31,3)4)29-19-21-35-36-22-20-30(44-26-32(42(44,5)6)18-16-28(44)2)24-40(36)45(39(35)23-29)37-13-9-7-11-33(37)34-12-8-10-14-38(34)45/h7-14,19-24,27-28,31-32H,15-18,25-26H2,1-6H3. The molecule has 0 radical (unpaired) electrons. The highest BCUT2D eigenvalue weighted by atomic mass is 14.7. The first-order chi connectivity index (χ1) is 21.6. The van der Waals surface area contributed by atoms with Crippen LogP contribution in [0.25, 0.3) is 22.3 Å². The van der Waals surface area contributed by atoms with Gasteiger partial charge < -0.3 is 0 Å². The normalized spacial score (nSPS) is 34.6. The molecule has 4 aromatic carbocycles. The lowest BCUT2D eigenvalue weighted by molar-refractivity contribution is -0.133. The number of benzene rings is 4. The molecular weight excluding hydrogens is 540 g/mol. The van der Waals surface area contributed by atoms with E-state index in [4.69, 9.17) is 0 Å². The summed E-state index contributed by atoms with van der Waals surface area (Å²) in [6, 6.07) is 34.5. The third-order valence-electron chi connectivity index (χ3n) is 16.2. The Kier molecular flexibility index (Phi) is 4.94. The van der Waals surface area contributed by atoms with Crippen molar-refractivity contribution in [3.05, 3.63) is 118 Å². The second-order valence-corrected chi connectivity index (χ2v) is 17.5. The minimum absolute atomic E-state index is 0.269. The van der Waals surface area contributed by atoms with Crippen LogP contribution in [-0.4, -0.2) is 0 Å². The largest absolute Gasteiger partial charge is 0.0725 e. The van der Waals surface area contributed by atoms with E-state index in [9.17, 15) is 0 Å². The second-order valence-electron chi connectivity index (χ2n) is 17.5. The van der Waals surface area contributed by atoms with Crippen LogP contribution in [0, 0.1) is 34.5 Å². The van der Waals surface area contributed by atoms with Crippen LogP contribution in [0.5, 0.6) is 0 Å². The zero-order valence-corrected chi connectivity index (χ0v) is 28.1. The minimum Gasteiger partial charge on any atom is -0.0619 e. The Balaban J connectivity index is 1.27. The first-order valence-corrected chi connectivity index (χ1v) is 18.1. The van der Waals surface area contributed by atoms with Crippen LogP contribution in [0.3, 0.4) is 0 Å². The molecule has 8 aliphatic rings. The van der Waals surface area contributed by atoms with Gasteiger partial charge in [-0.05, 0) is 129 Å². The summed E-state index contributed by atoms with van der Waals surface area (Å²) < 4.78 is 0. The molecule has 0 saturated heterocycles. The van der Waals surface area contributed by atoms with Crippen molar-refractivity contribution in [1.29, 1.82) is 0 Å². The Labute approximate surface area is 270 Å². The van der Waals surface area contributed by atoms with E-state index in [0.29, 0.717) is 22.7 Å². The SMILES string of the molecule is CC1CCC2CC1(c1ccc3c(c1)C1(c4ccccc4-c4ccccc41)c1cc(C45CC(CCC4C)C5(C)C)ccc1-3)C2(C)C. The molecular formula is C45H48. The molecule has 4 aromatic rings. The lowest BCUT2D eigenvalue weighted by Gasteiger charge is -2.69. The molecule has 4 bridgehead atoms. The summed E-state index contributed by atoms with van der Waals surface area (Å²) in [5.41, 5.74) is 16.0. The summed E-state index contributed by atoms with van der Waals surface area (Å²) >= 11 is 0. The topological polar surface area (TPSA) is 0 Å². The van der Waals surface area contributed by atoms with Crippen molar-refractivity contribution in [2.45, 2.75) is 96.3 Å². The van der Waals surface area contributed by atoms with E-state index in [2.05, 4.69) is 126 Å². The lowest BCUT2D eigenvalue weighted by Crippen LogP contribution is -2.64. The second kappa shape index (κ2) is 8.23. The van der Waals surface area contributed by atoms with Crippen LogP contribution in [0.4, 0.5) is 0 Å². The predicted octanol–water partition coefficient (Wildman–Crippen LogP) is 11.5. The number of hydrogen-bond acceptors (Lipinski definition) is 0. The van der Waals surface area contributed by atoms with E-state index < -0.39 is 0 Å². The van der Waals surface area contributed by atoms with Crippen LogP contribution in [-0.2, 0) is 16.2 Å². The maximum Gasteiger partial charge on any atom is 0.0725 e. The van der Waals surface area contributed by atoms with E-state index in [1.807, 2.05) is 0 Å². The molecule has 0 heterocycles. The third kappa shape index (κ3) is 2.71. The minimum atomic E-state index is -0.270. The van der Waals surface area contributed by atoms with Crippen LogP contribution in [0.15, 0.2) is 84.9 Å². The molecule has 12 rings (SSSR count). The van der Waals surface area contributed by atoms with Gasteiger partial charge in [0.2, 0.25) is 0 Å². The first-order valence-electron chi connectivity index (χ1n) is 18.1. The van der Waals surface area contributed by atoms with Gasteiger partial charge in [-0.15, -0.1) is 0 Å². The fourth-order valence-electron chi connectivity index (χ4n) is 13.5. The maximum absolute atomic E-state index is 2.73. The van der Waals surface area contributed by atoms with E-state index in [-0.39, 0.29) is 16.2 Å². The van der Waals surface area contributed by atoms with E-state index >= 15 is 0 Å². The number of fused-ring (bicyclic) bond motifs is 14. The van der Waals surface area contributed by atoms with Gasteiger partial charge in [0.05, 0.1) is 5.41 Å². The van der Waals surface area contributed by atoms with Gasteiger partial charge >= 0.3 is 0 Å². The molecule has 1 spiro atoms. The van der Waals surface area contributed by atoms with Crippen molar-refractivity contribution in [1.82, 2.24) is 0 Å². The summed E-state index contributed by atoms with van der Waals surface area (Å²) in [6.45, 7) is 15.4. The molecule has 6 saturated carbocycles. The molecule has 0 amide bonds. The Hall–Kier alpha value is -3.12. The summed E-state index contributed by atoms with van der Waals surface area (Å²) in [6.07, 6.45) is 8.24. The van der Waals surface area contributed by atoms with E-state index in [1.54, 1.807) is 11.1 Å². The molecule has 45 heavy (non-hydrogen) atoms. The van der Waals surface area contributed by atoms with Crippen molar-refractivity contribution in [3.8, 4) is 22.3 Å². The van der Waals surface area contributed by atoms with Gasteiger partial charge in [-0.25, -0.2) is 0 Å². The quantitative estimate of drug-likeness (QED) is 0.189. The summed E-state index contributed by atoms with van der Waals surface area (Å²) in [4.78, 5) is 0. The van der Waals surface area contributed by atoms with Crippen LogP contribution < -0.4 is 0 Å². The Bertz CT molecular complexity index is 1790. The average molecular weight is 589 g/mol. The Morgan fingerprint density at radius 3 is 1.27 bits per heavy atom. The molecule has 8 aliphatic carbocycles. The zero-order valence-electron chi connectivity index (χ0n) is 28.1.